The SMILES string of the molecule is CC=C(C)C1=CC2CCC(C1)N2C(=O)OCc1ccccc1. The van der Waals surface area contributed by atoms with Crippen LogP contribution in [0.2, 0.25) is 0 Å². The lowest BCUT2D eigenvalue weighted by Gasteiger charge is -2.33. The molecule has 1 amide bonds. The molecule has 0 aromatic heterocycles. The lowest BCUT2D eigenvalue weighted by Crippen LogP contribution is -2.43. The van der Waals surface area contributed by atoms with Crippen molar-refractivity contribution in [3.8, 4) is 0 Å². The summed E-state index contributed by atoms with van der Waals surface area (Å²) in [7, 11) is 0. The minimum absolute atomic E-state index is 0.176. The van der Waals surface area contributed by atoms with Gasteiger partial charge in [-0.15, -0.1) is 0 Å². The first-order valence-corrected chi connectivity index (χ1v) is 8.02. The van der Waals surface area contributed by atoms with Gasteiger partial charge in [-0.05, 0) is 44.2 Å². The second-order valence-electron chi connectivity index (χ2n) is 6.11. The first-order valence-electron chi connectivity index (χ1n) is 8.02. The predicted molar refractivity (Wildman–Crippen MR) is 87.4 cm³/mol. The minimum Gasteiger partial charge on any atom is -0.445 e. The number of carbonyl (C=O) groups is 1. The van der Waals surface area contributed by atoms with Gasteiger partial charge in [0.2, 0.25) is 0 Å². The number of carbonyl (C=O) groups excluding carboxylic acids is 1. The standard InChI is InChI=1S/C19H23NO2/c1-3-14(2)16-11-17-9-10-18(12-16)20(17)19(21)22-13-15-7-5-4-6-8-15/h3-8,11,17-18H,9-10,12-13H2,1-2H3. The van der Waals surface area contributed by atoms with E-state index in [0.29, 0.717) is 12.6 Å². The maximum absolute atomic E-state index is 12.4. The van der Waals surface area contributed by atoms with Crippen LogP contribution in [0.5, 0.6) is 0 Å². The molecule has 2 bridgehead atoms. The third-order valence-corrected chi connectivity index (χ3v) is 4.75. The molecule has 0 radical (unpaired) electrons. The monoisotopic (exact) mass is 297 g/mol. The lowest BCUT2D eigenvalue weighted by molar-refractivity contribution is 0.0819. The van der Waals surface area contributed by atoms with Gasteiger partial charge in [0.15, 0.2) is 0 Å². The van der Waals surface area contributed by atoms with E-state index < -0.39 is 0 Å². The number of allylic oxidation sites excluding steroid dienone is 2. The van der Waals surface area contributed by atoms with E-state index in [0.717, 1.165) is 24.8 Å². The van der Waals surface area contributed by atoms with Crippen molar-refractivity contribution in [3.63, 3.8) is 0 Å². The molecule has 22 heavy (non-hydrogen) atoms. The van der Waals surface area contributed by atoms with Gasteiger partial charge in [-0.1, -0.05) is 48.1 Å². The molecule has 3 rings (SSSR count). The highest BCUT2D eigenvalue weighted by molar-refractivity contribution is 5.70. The van der Waals surface area contributed by atoms with Crippen LogP contribution >= 0.6 is 0 Å². The maximum Gasteiger partial charge on any atom is 0.410 e. The molecule has 0 aliphatic carbocycles. The van der Waals surface area contributed by atoms with Crippen LogP contribution in [0.15, 0.2) is 53.6 Å². The molecular formula is C19H23NO2. The molecule has 2 aliphatic rings. The van der Waals surface area contributed by atoms with E-state index in [1.54, 1.807) is 0 Å². The zero-order valence-corrected chi connectivity index (χ0v) is 13.3. The number of ether oxygens (including phenoxy) is 1. The maximum atomic E-state index is 12.4. The van der Waals surface area contributed by atoms with Gasteiger partial charge in [0, 0.05) is 6.04 Å². The fourth-order valence-electron chi connectivity index (χ4n) is 3.39. The molecule has 0 saturated carbocycles. The average Bonchev–Trinajstić information content (AvgIpc) is 2.82. The van der Waals surface area contributed by atoms with Crippen molar-refractivity contribution in [1.82, 2.24) is 4.90 Å². The zero-order valence-electron chi connectivity index (χ0n) is 13.3. The minimum atomic E-state index is -0.176. The highest BCUT2D eigenvalue weighted by Gasteiger charge is 2.40. The summed E-state index contributed by atoms with van der Waals surface area (Å²) >= 11 is 0. The molecule has 2 heterocycles. The van der Waals surface area contributed by atoms with Crippen molar-refractivity contribution in [2.45, 2.75) is 51.8 Å². The summed E-state index contributed by atoms with van der Waals surface area (Å²) < 4.78 is 5.51. The first-order chi connectivity index (χ1) is 10.7. The molecule has 1 aromatic rings. The second-order valence-corrected chi connectivity index (χ2v) is 6.11. The van der Waals surface area contributed by atoms with E-state index in [1.165, 1.54) is 11.1 Å². The molecule has 0 N–H and O–H groups in total. The van der Waals surface area contributed by atoms with Crippen molar-refractivity contribution in [3.05, 3.63) is 59.2 Å². The molecule has 1 saturated heterocycles. The number of fused-ring (bicyclic) bond motifs is 2. The van der Waals surface area contributed by atoms with Crippen LogP contribution < -0.4 is 0 Å². The van der Waals surface area contributed by atoms with Crippen molar-refractivity contribution in [2.24, 2.45) is 0 Å². The zero-order chi connectivity index (χ0) is 15.5. The van der Waals surface area contributed by atoms with Gasteiger partial charge < -0.3 is 4.74 Å². The number of hydrogen-bond donors (Lipinski definition) is 0. The van der Waals surface area contributed by atoms with Crippen LogP contribution in [-0.2, 0) is 11.3 Å². The van der Waals surface area contributed by atoms with Crippen LogP contribution in [-0.4, -0.2) is 23.1 Å². The van der Waals surface area contributed by atoms with Crippen molar-refractivity contribution in [2.75, 3.05) is 0 Å². The van der Waals surface area contributed by atoms with Gasteiger partial charge in [-0.3, -0.25) is 4.90 Å². The number of benzene rings is 1. The number of hydrogen-bond acceptors (Lipinski definition) is 2. The van der Waals surface area contributed by atoms with E-state index >= 15 is 0 Å². The molecular weight excluding hydrogens is 274 g/mol. The fourth-order valence-corrected chi connectivity index (χ4v) is 3.39. The van der Waals surface area contributed by atoms with Crippen molar-refractivity contribution >= 4 is 6.09 Å². The fraction of sp³-hybridized carbons (Fsp3) is 0.421. The number of nitrogens with zero attached hydrogens (tertiary/aromatic N) is 1. The molecule has 1 aromatic carbocycles. The van der Waals surface area contributed by atoms with Crippen LogP contribution in [0.25, 0.3) is 0 Å². The quantitative estimate of drug-likeness (QED) is 0.824. The number of amides is 1. The first kappa shape index (κ1) is 14.9. The summed E-state index contributed by atoms with van der Waals surface area (Å²) in [4.78, 5) is 14.4. The van der Waals surface area contributed by atoms with Gasteiger partial charge in [-0.25, -0.2) is 4.79 Å². The molecule has 0 spiro atoms. The Kier molecular flexibility index (Phi) is 4.32. The molecule has 2 unspecified atom stereocenters. The van der Waals surface area contributed by atoms with Crippen LogP contribution in [0, 0.1) is 0 Å². The highest BCUT2D eigenvalue weighted by Crippen LogP contribution is 2.37. The summed E-state index contributed by atoms with van der Waals surface area (Å²) in [6.07, 6.45) is 7.29. The summed E-state index contributed by atoms with van der Waals surface area (Å²) in [6, 6.07) is 10.3. The van der Waals surface area contributed by atoms with Gasteiger partial charge in [0.25, 0.3) is 0 Å². The summed E-state index contributed by atoms with van der Waals surface area (Å²) in [5, 5.41) is 0. The average molecular weight is 297 g/mol. The van der Waals surface area contributed by atoms with E-state index in [-0.39, 0.29) is 12.1 Å². The Morgan fingerprint density at radius 2 is 2.09 bits per heavy atom. The van der Waals surface area contributed by atoms with E-state index in [1.807, 2.05) is 35.2 Å². The normalized spacial score (nSPS) is 24.2. The molecule has 1 fully saturated rings. The largest absolute Gasteiger partial charge is 0.445 e. The molecule has 2 aliphatic heterocycles. The molecule has 3 nitrogen and oxygen atoms in total. The number of rotatable bonds is 3. The van der Waals surface area contributed by atoms with Gasteiger partial charge >= 0.3 is 6.09 Å². The molecule has 3 heteroatoms. The molecule has 2 atom stereocenters. The van der Waals surface area contributed by atoms with Crippen LogP contribution in [0.1, 0.15) is 38.7 Å². The Balaban J connectivity index is 1.66. The second kappa shape index (κ2) is 6.39. The Hall–Kier alpha value is -2.03. The Morgan fingerprint density at radius 1 is 1.32 bits per heavy atom. The van der Waals surface area contributed by atoms with Gasteiger partial charge in [-0.2, -0.15) is 0 Å². The summed E-state index contributed by atoms with van der Waals surface area (Å²) in [5.41, 5.74) is 3.75. The van der Waals surface area contributed by atoms with Crippen LogP contribution in [0.4, 0.5) is 4.79 Å². The summed E-state index contributed by atoms with van der Waals surface area (Å²) in [6.45, 7) is 4.56. The highest BCUT2D eigenvalue weighted by atomic mass is 16.6. The Bertz CT molecular complexity index is 603. The summed E-state index contributed by atoms with van der Waals surface area (Å²) in [5.74, 6) is 0. The van der Waals surface area contributed by atoms with E-state index in [2.05, 4.69) is 26.0 Å². The Morgan fingerprint density at radius 3 is 2.77 bits per heavy atom. The van der Waals surface area contributed by atoms with E-state index in [9.17, 15) is 4.79 Å². The topological polar surface area (TPSA) is 29.5 Å². The van der Waals surface area contributed by atoms with Crippen LogP contribution in [0.3, 0.4) is 0 Å². The van der Waals surface area contributed by atoms with E-state index in [4.69, 9.17) is 4.74 Å². The van der Waals surface area contributed by atoms with Gasteiger partial charge in [0.05, 0.1) is 6.04 Å². The Labute approximate surface area is 132 Å². The van der Waals surface area contributed by atoms with Crippen molar-refractivity contribution in [1.29, 1.82) is 0 Å². The third kappa shape index (κ3) is 2.94. The predicted octanol–water partition coefficient (Wildman–Crippen LogP) is 4.45. The van der Waals surface area contributed by atoms with Crippen molar-refractivity contribution < 1.29 is 9.53 Å². The van der Waals surface area contributed by atoms with Gasteiger partial charge in [0.1, 0.15) is 6.61 Å². The smallest absolute Gasteiger partial charge is 0.410 e. The molecule has 116 valence electrons. The third-order valence-electron chi connectivity index (χ3n) is 4.75. The lowest BCUT2D eigenvalue weighted by atomic mass is 9.96.